The van der Waals surface area contributed by atoms with E-state index >= 15 is 0 Å². The third kappa shape index (κ3) is 1.97. The molecule has 2 heterocycles. The molecule has 0 amide bonds. The van der Waals surface area contributed by atoms with Crippen LogP contribution in [0.5, 0.6) is 0 Å². The van der Waals surface area contributed by atoms with Crippen LogP contribution in [0.15, 0.2) is 24.3 Å². The number of morpholine rings is 1. The number of benzene rings is 1. The highest BCUT2D eigenvalue weighted by atomic mass is 19.1. The number of halogens is 1. The van der Waals surface area contributed by atoms with Crippen LogP contribution in [0.25, 0.3) is 0 Å². The normalized spacial score (nSPS) is 33.1. The summed E-state index contributed by atoms with van der Waals surface area (Å²) in [5, 5.41) is 3.42. The molecule has 2 atom stereocenters. The smallest absolute Gasteiger partial charge is 0.123 e. The van der Waals surface area contributed by atoms with Gasteiger partial charge in [0.1, 0.15) is 11.4 Å². The summed E-state index contributed by atoms with van der Waals surface area (Å²) in [6, 6.07) is 6.74. The van der Waals surface area contributed by atoms with Crippen molar-refractivity contribution in [3.63, 3.8) is 0 Å². The van der Waals surface area contributed by atoms with E-state index in [9.17, 15) is 4.39 Å². The zero-order valence-electron chi connectivity index (χ0n) is 9.62. The molecule has 0 radical (unpaired) electrons. The minimum atomic E-state index is -0.313. The molecule has 92 valence electrons. The van der Waals surface area contributed by atoms with Gasteiger partial charge in [-0.2, -0.15) is 0 Å². The molecule has 17 heavy (non-hydrogen) atoms. The maximum absolute atomic E-state index is 13.3. The van der Waals surface area contributed by atoms with Crippen molar-refractivity contribution in [3.8, 4) is 0 Å². The van der Waals surface area contributed by atoms with Gasteiger partial charge in [0.15, 0.2) is 0 Å². The molecule has 1 spiro atoms. The summed E-state index contributed by atoms with van der Waals surface area (Å²) in [6.45, 7) is 2.78. The fourth-order valence-corrected chi connectivity index (χ4v) is 2.74. The second kappa shape index (κ2) is 4.37. The molecule has 4 heteroatoms. The molecule has 3 nitrogen and oxygen atoms in total. The van der Waals surface area contributed by atoms with Crippen LogP contribution in [0.3, 0.4) is 0 Å². The lowest BCUT2D eigenvalue weighted by Gasteiger charge is -2.41. The highest BCUT2D eigenvalue weighted by Gasteiger charge is 2.46. The topological polar surface area (TPSA) is 30.5 Å². The predicted octanol–water partition coefficient (Wildman–Crippen LogP) is 1.65. The molecular formula is C13H16FNO2. The van der Waals surface area contributed by atoms with Crippen LogP contribution in [-0.2, 0) is 9.47 Å². The van der Waals surface area contributed by atoms with Crippen LogP contribution in [0.2, 0.25) is 0 Å². The number of ether oxygens (including phenoxy) is 2. The first-order valence-corrected chi connectivity index (χ1v) is 6.01. The van der Waals surface area contributed by atoms with Crippen molar-refractivity contribution in [2.24, 2.45) is 0 Å². The van der Waals surface area contributed by atoms with Crippen LogP contribution in [0.4, 0.5) is 4.39 Å². The van der Waals surface area contributed by atoms with Gasteiger partial charge < -0.3 is 14.8 Å². The zero-order chi connectivity index (χ0) is 11.7. The Kier molecular flexibility index (Phi) is 2.86. The largest absolute Gasteiger partial charge is 0.378 e. The van der Waals surface area contributed by atoms with Gasteiger partial charge in [0, 0.05) is 19.6 Å². The molecule has 2 saturated heterocycles. The van der Waals surface area contributed by atoms with E-state index < -0.39 is 0 Å². The van der Waals surface area contributed by atoms with Gasteiger partial charge in [0.25, 0.3) is 0 Å². The van der Waals surface area contributed by atoms with Crippen LogP contribution < -0.4 is 5.32 Å². The average molecular weight is 237 g/mol. The molecule has 2 fully saturated rings. The summed E-state index contributed by atoms with van der Waals surface area (Å²) in [5.41, 5.74) is 0.627. The standard InChI is InChI=1S/C13H16FNO2/c14-11-3-1-2-10(8-11)12-13(4-6-16-9-13)17-7-5-15-12/h1-3,8,12,15H,4-7,9H2. The maximum Gasteiger partial charge on any atom is 0.123 e. The highest BCUT2D eigenvalue weighted by Crippen LogP contribution is 2.38. The Balaban J connectivity index is 1.93. The molecule has 2 unspecified atom stereocenters. The SMILES string of the molecule is Fc1cccc(C2NCCOC23CCOC3)c1. The highest BCUT2D eigenvalue weighted by molar-refractivity contribution is 5.24. The monoisotopic (exact) mass is 237 g/mol. The van der Waals surface area contributed by atoms with E-state index in [-0.39, 0.29) is 17.5 Å². The van der Waals surface area contributed by atoms with Crippen molar-refractivity contribution >= 4 is 0 Å². The van der Waals surface area contributed by atoms with E-state index in [4.69, 9.17) is 9.47 Å². The second-order valence-electron chi connectivity index (χ2n) is 4.66. The van der Waals surface area contributed by atoms with Crippen molar-refractivity contribution in [2.45, 2.75) is 18.1 Å². The van der Waals surface area contributed by atoms with E-state index in [1.165, 1.54) is 6.07 Å². The molecule has 2 aliphatic heterocycles. The van der Waals surface area contributed by atoms with Gasteiger partial charge in [-0.05, 0) is 17.7 Å². The maximum atomic E-state index is 13.3. The first kappa shape index (κ1) is 11.1. The first-order chi connectivity index (χ1) is 8.30. The lowest BCUT2D eigenvalue weighted by Crippen LogP contribution is -2.52. The Bertz CT molecular complexity index is 404. The summed E-state index contributed by atoms with van der Waals surface area (Å²) in [7, 11) is 0. The summed E-state index contributed by atoms with van der Waals surface area (Å²) in [5.74, 6) is -0.205. The van der Waals surface area contributed by atoms with Gasteiger partial charge in [-0.3, -0.25) is 0 Å². The van der Waals surface area contributed by atoms with Gasteiger partial charge in [-0.25, -0.2) is 4.39 Å². The van der Waals surface area contributed by atoms with Crippen LogP contribution in [0, 0.1) is 5.82 Å². The third-order valence-corrected chi connectivity index (χ3v) is 3.56. The van der Waals surface area contributed by atoms with Crippen molar-refractivity contribution in [3.05, 3.63) is 35.6 Å². The molecule has 0 aliphatic carbocycles. The molecule has 0 aromatic heterocycles. The zero-order valence-corrected chi connectivity index (χ0v) is 9.62. The molecule has 1 aromatic carbocycles. The molecule has 0 bridgehead atoms. The third-order valence-electron chi connectivity index (χ3n) is 3.56. The van der Waals surface area contributed by atoms with Gasteiger partial charge in [0.2, 0.25) is 0 Å². The quantitative estimate of drug-likeness (QED) is 0.805. The predicted molar refractivity (Wildman–Crippen MR) is 61.3 cm³/mol. The van der Waals surface area contributed by atoms with Crippen LogP contribution in [0.1, 0.15) is 18.0 Å². The van der Waals surface area contributed by atoms with Crippen molar-refractivity contribution in [2.75, 3.05) is 26.4 Å². The van der Waals surface area contributed by atoms with E-state index in [0.717, 1.165) is 18.5 Å². The minimum Gasteiger partial charge on any atom is -0.378 e. The number of hydrogen-bond acceptors (Lipinski definition) is 3. The summed E-state index contributed by atoms with van der Waals surface area (Å²) >= 11 is 0. The molecule has 3 rings (SSSR count). The lowest BCUT2D eigenvalue weighted by atomic mass is 9.86. The lowest BCUT2D eigenvalue weighted by molar-refractivity contribution is -0.0989. The van der Waals surface area contributed by atoms with Crippen molar-refractivity contribution in [1.29, 1.82) is 0 Å². The van der Waals surface area contributed by atoms with Gasteiger partial charge in [0.05, 0.1) is 19.3 Å². The van der Waals surface area contributed by atoms with Crippen LogP contribution >= 0.6 is 0 Å². The Hall–Kier alpha value is -0.970. The molecular weight excluding hydrogens is 221 g/mol. The number of hydrogen-bond donors (Lipinski definition) is 1. The molecule has 1 N–H and O–H groups in total. The average Bonchev–Trinajstić information content (AvgIpc) is 2.79. The Morgan fingerprint density at radius 1 is 1.35 bits per heavy atom. The number of rotatable bonds is 1. The minimum absolute atomic E-state index is 0.0226. The van der Waals surface area contributed by atoms with E-state index in [2.05, 4.69) is 5.32 Å². The summed E-state index contributed by atoms with van der Waals surface area (Å²) in [4.78, 5) is 0. The Morgan fingerprint density at radius 2 is 2.29 bits per heavy atom. The first-order valence-electron chi connectivity index (χ1n) is 6.01. The van der Waals surface area contributed by atoms with Gasteiger partial charge >= 0.3 is 0 Å². The molecule has 1 aromatic rings. The molecule has 0 saturated carbocycles. The van der Waals surface area contributed by atoms with E-state index in [1.807, 2.05) is 6.07 Å². The molecule has 2 aliphatic rings. The van der Waals surface area contributed by atoms with Crippen molar-refractivity contribution in [1.82, 2.24) is 5.32 Å². The van der Waals surface area contributed by atoms with Gasteiger partial charge in [-0.1, -0.05) is 12.1 Å². The second-order valence-corrected chi connectivity index (χ2v) is 4.66. The van der Waals surface area contributed by atoms with Crippen LogP contribution in [-0.4, -0.2) is 32.0 Å². The number of nitrogens with one attached hydrogen (secondary N) is 1. The van der Waals surface area contributed by atoms with E-state index in [1.54, 1.807) is 12.1 Å². The van der Waals surface area contributed by atoms with Gasteiger partial charge in [-0.15, -0.1) is 0 Å². The summed E-state index contributed by atoms with van der Waals surface area (Å²) < 4.78 is 24.7. The fourth-order valence-electron chi connectivity index (χ4n) is 2.74. The fraction of sp³-hybridized carbons (Fsp3) is 0.538. The summed E-state index contributed by atoms with van der Waals surface area (Å²) in [6.07, 6.45) is 0.862. The Morgan fingerprint density at radius 3 is 3.06 bits per heavy atom. The Labute approximate surface area is 99.9 Å². The van der Waals surface area contributed by atoms with Crippen molar-refractivity contribution < 1.29 is 13.9 Å². The van der Waals surface area contributed by atoms with E-state index in [0.29, 0.717) is 19.8 Å².